The van der Waals surface area contributed by atoms with Crippen LogP contribution in [0.4, 0.5) is 5.13 Å². The van der Waals surface area contributed by atoms with E-state index in [9.17, 15) is 9.59 Å². The van der Waals surface area contributed by atoms with Crippen LogP contribution in [0, 0.1) is 13.8 Å². The van der Waals surface area contributed by atoms with Gasteiger partial charge in [-0.05, 0) is 68.0 Å². The number of fused-ring (bicyclic) bond motifs is 4. The Bertz CT molecular complexity index is 1370. The molecule has 5 rings (SSSR count). The number of ether oxygens (including phenoxy) is 1. The summed E-state index contributed by atoms with van der Waals surface area (Å²) in [6.45, 7) is 3.89. The molecule has 0 unspecified atom stereocenters. The molecular weight excluding hydrogens is 400 g/mol. The maximum atomic E-state index is 12.3. The number of anilines is 1. The highest BCUT2D eigenvalue weighted by atomic mass is 32.1. The molecule has 1 N–H and O–H groups in total. The Morgan fingerprint density at radius 3 is 2.90 bits per heavy atom. The predicted molar refractivity (Wildman–Crippen MR) is 118 cm³/mol. The second-order valence-corrected chi connectivity index (χ2v) is 8.67. The van der Waals surface area contributed by atoms with E-state index in [1.807, 2.05) is 19.9 Å². The lowest BCUT2D eigenvalue weighted by Gasteiger charge is -2.08. The molecule has 2 heterocycles. The van der Waals surface area contributed by atoms with Crippen LogP contribution in [0.1, 0.15) is 28.7 Å². The van der Waals surface area contributed by atoms with Gasteiger partial charge in [0, 0.05) is 17.0 Å². The zero-order chi connectivity index (χ0) is 20.8. The third-order valence-electron chi connectivity index (χ3n) is 5.39. The number of aromatic nitrogens is 1. The van der Waals surface area contributed by atoms with Crippen LogP contribution >= 0.6 is 11.3 Å². The Morgan fingerprint density at radius 2 is 2.03 bits per heavy atom. The van der Waals surface area contributed by atoms with Crippen molar-refractivity contribution in [3.05, 3.63) is 63.0 Å². The maximum Gasteiger partial charge on any atom is 0.339 e. The van der Waals surface area contributed by atoms with E-state index < -0.39 is 0 Å². The molecule has 0 aliphatic heterocycles. The minimum absolute atomic E-state index is 0.158. The largest absolute Gasteiger partial charge is 0.484 e. The molecule has 0 saturated carbocycles. The molecule has 6 nitrogen and oxygen atoms in total. The van der Waals surface area contributed by atoms with Gasteiger partial charge in [-0.1, -0.05) is 17.4 Å². The number of aryl methyl sites for hydroxylation is 3. The van der Waals surface area contributed by atoms with Crippen molar-refractivity contribution in [3.8, 4) is 5.75 Å². The summed E-state index contributed by atoms with van der Waals surface area (Å²) in [5, 5.41) is 4.29. The van der Waals surface area contributed by atoms with Crippen molar-refractivity contribution in [2.45, 2.75) is 33.1 Å². The number of hydrogen-bond acceptors (Lipinski definition) is 6. The number of carbonyl (C=O) groups is 1. The average Bonchev–Trinajstić information content (AvgIpc) is 3.34. The number of nitrogens with zero attached hydrogens (tertiary/aromatic N) is 1. The first kappa shape index (κ1) is 18.8. The van der Waals surface area contributed by atoms with Gasteiger partial charge in [0.2, 0.25) is 0 Å². The van der Waals surface area contributed by atoms with Gasteiger partial charge in [0.25, 0.3) is 5.91 Å². The van der Waals surface area contributed by atoms with E-state index >= 15 is 0 Å². The SMILES string of the molecule is Cc1cc(C)c2nc(NC(=O)COc3ccc4c5c(c(=O)oc4c3)CCC5)sc2c1. The smallest absolute Gasteiger partial charge is 0.339 e. The van der Waals surface area contributed by atoms with E-state index in [0.29, 0.717) is 16.5 Å². The Labute approximate surface area is 176 Å². The maximum absolute atomic E-state index is 12.3. The van der Waals surface area contributed by atoms with E-state index in [-0.39, 0.29) is 18.1 Å². The second kappa shape index (κ2) is 7.25. The van der Waals surface area contributed by atoms with Crippen molar-refractivity contribution in [2.24, 2.45) is 0 Å². The second-order valence-electron chi connectivity index (χ2n) is 7.64. The number of carbonyl (C=O) groups excluding carboxylic acids is 1. The summed E-state index contributed by atoms with van der Waals surface area (Å²) in [4.78, 5) is 29.0. The minimum atomic E-state index is -0.293. The minimum Gasteiger partial charge on any atom is -0.484 e. The van der Waals surface area contributed by atoms with Gasteiger partial charge >= 0.3 is 5.63 Å². The number of hydrogen-bond donors (Lipinski definition) is 1. The van der Waals surface area contributed by atoms with Crippen molar-refractivity contribution < 1.29 is 13.9 Å². The van der Waals surface area contributed by atoms with Crippen LogP contribution in [0.3, 0.4) is 0 Å². The molecule has 2 aromatic heterocycles. The lowest BCUT2D eigenvalue weighted by atomic mass is 10.1. The normalized spacial score (nSPS) is 13.0. The first-order valence-electron chi connectivity index (χ1n) is 9.87. The number of nitrogens with one attached hydrogen (secondary N) is 1. The van der Waals surface area contributed by atoms with E-state index in [1.54, 1.807) is 12.1 Å². The fourth-order valence-corrected chi connectivity index (χ4v) is 5.14. The van der Waals surface area contributed by atoms with Gasteiger partial charge in [-0.2, -0.15) is 0 Å². The number of rotatable bonds is 4. The zero-order valence-electron chi connectivity index (χ0n) is 16.7. The highest BCUT2D eigenvalue weighted by Crippen LogP contribution is 2.30. The van der Waals surface area contributed by atoms with Gasteiger partial charge in [0.15, 0.2) is 11.7 Å². The van der Waals surface area contributed by atoms with Gasteiger partial charge < -0.3 is 9.15 Å². The molecule has 152 valence electrons. The van der Waals surface area contributed by atoms with Crippen LogP contribution in [0.25, 0.3) is 21.2 Å². The molecule has 1 amide bonds. The molecule has 30 heavy (non-hydrogen) atoms. The zero-order valence-corrected chi connectivity index (χ0v) is 17.5. The van der Waals surface area contributed by atoms with E-state index in [0.717, 1.165) is 51.6 Å². The van der Waals surface area contributed by atoms with Gasteiger partial charge in [-0.3, -0.25) is 10.1 Å². The fraction of sp³-hybridized carbons (Fsp3) is 0.261. The Kier molecular flexibility index (Phi) is 4.55. The standard InChI is InChI=1S/C23H20N2O4S/c1-12-8-13(2)21-19(9-12)30-23(25-21)24-20(26)11-28-14-6-7-16-15-4-3-5-17(15)22(27)29-18(16)10-14/h6-10H,3-5,11H2,1-2H3,(H,24,25,26). The molecule has 0 atom stereocenters. The lowest BCUT2D eigenvalue weighted by molar-refractivity contribution is -0.118. The molecule has 0 radical (unpaired) electrons. The van der Waals surface area contributed by atoms with Crippen molar-refractivity contribution in [1.29, 1.82) is 0 Å². The topological polar surface area (TPSA) is 81.4 Å². The summed E-state index contributed by atoms with van der Waals surface area (Å²) >= 11 is 1.44. The van der Waals surface area contributed by atoms with Gasteiger partial charge in [0.1, 0.15) is 11.3 Å². The Hall–Kier alpha value is -3.19. The molecule has 7 heteroatoms. The van der Waals surface area contributed by atoms with Crippen molar-refractivity contribution in [1.82, 2.24) is 4.98 Å². The average molecular weight is 420 g/mol. The van der Waals surface area contributed by atoms with E-state index in [4.69, 9.17) is 9.15 Å². The van der Waals surface area contributed by atoms with Gasteiger partial charge in [-0.15, -0.1) is 0 Å². The van der Waals surface area contributed by atoms with Gasteiger partial charge in [-0.25, -0.2) is 9.78 Å². The van der Waals surface area contributed by atoms with Crippen molar-refractivity contribution in [3.63, 3.8) is 0 Å². The first-order chi connectivity index (χ1) is 14.5. The summed E-state index contributed by atoms with van der Waals surface area (Å²) in [6.07, 6.45) is 2.64. The third-order valence-corrected chi connectivity index (χ3v) is 6.31. The van der Waals surface area contributed by atoms with Crippen LogP contribution in [0.2, 0.25) is 0 Å². The monoisotopic (exact) mass is 420 g/mol. The lowest BCUT2D eigenvalue weighted by Crippen LogP contribution is -2.20. The van der Waals surface area contributed by atoms with Crippen molar-refractivity contribution >= 4 is 43.6 Å². The molecular formula is C23H20N2O4S. The van der Waals surface area contributed by atoms with E-state index in [2.05, 4.69) is 22.4 Å². The fourth-order valence-electron chi connectivity index (χ4n) is 4.08. The van der Waals surface area contributed by atoms with Crippen LogP contribution in [-0.2, 0) is 17.6 Å². The van der Waals surface area contributed by atoms with Gasteiger partial charge in [0.05, 0.1) is 10.2 Å². The van der Waals surface area contributed by atoms with Crippen LogP contribution in [-0.4, -0.2) is 17.5 Å². The van der Waals surface area contributed by atoms with Crippen LogP contribution < -0.4 is 15.7 Å². The molecule has 0 bridgehead atoms. The van der Waals surface area contributed by atoms with Crippen LogP contribution in [0.15, 0.2) is 39.5 Å². The Morgan fingerprint density at radius 1 is 1.20 bits per heavy atom. The quantitative estimate of drug-likeness (QED) is 0.491. The molecule has 2 aromatic carbocycles. The summed E-state index contributed by atoms with van der Waals surface area (Å²) < 4.78 is 12.1. The third kappa shape index (κ3) is 3.35. The molecule has 1 aliphatic carbocycles. The highest BCUT2D eigenvalue weighted by Gasteiger charge is 2.20. The predicted octanol–water partition coefficient (Wildman–Crippen LogP) is 4.53. The molecule has 4 aromatic rings. The summed E-state index contributed by atoms with van der Waals surface area (Å²) in [7, 11) is 0. The van der Waals surface area contributed by atoms with Crippen LogP contribution in [0.5, 0.6) is 5.75 Å². The summed E-state index contributed by atoms with van der Waals surface area (Å²) in [5.74, 6) is 0.188. The van der Waals surface area contributed by atoms with Crippen molar-refractivity contribution in [2.75, 3.05) is 11.9 Å². The number of amides is 1. The highest BCUT2D eigenvalue weighted by molar-refractivity contribution is 7.22. The van der Waals surface area contributed by atoms with E-state index in [1.165, 1.54) is 16.9 Å². The Balaban J connectivity index is 1.30. The molecule has 1 aliphatic rings. The first-order valence-corrected chi connectivity index (χ1v) is 10.7. The molecule has 0 spiro atoms. The molecule has 0 fully saturated rings. The number of thiazole rings is 1. The summed E-state index contributed by atoms with van der Waals surface area (Å²) in [5.41, 5.74) is 5.24. The molecule has 0 saturated heterocycles. The summed E-state index contributed by atoms with van der Waals surface area (Å²) in [6, 6.07) is 9.51. The number of benzene rings is 2.